The van der Waals surface area contributed by atoms with Crippen LogP contribution in [0.4, 0.5) is 4.79 Å². The molecule has 0 saturated carbocycles. The van der Waals surface area contributed by atoms with Gasteiger partial charge in [0.1, 0.15) is 5.75 Å². The van der Waals surface area contributed by atoms with E-state index in [-0.39, 0.29) is 5.24 Å². The number of rotatable bonds is 5. The third kappa shape index (κ3) is 4.30. The quantitative estimate of drug-likeness (QED) is 0.792. The van der Waals surface area contributed by atoms with E-state index in [4.69, 9.17) is 4.74 Å². The summed E-state index contributed by atoms with van der Waals surface area (Å²) >= 11 is 3.67. The Labute approximate surface area is 108 Å². The van der Waals surface area contributed by atoms with E-state index in [0.717, 1.165) is 17.7 Å². The second-order valence-electron chi connectivity index (χ2n) is 4.21. The molecule has 94 valence electrons. The molecule has 0 atom stereocenters. The van der Waals surface area contributed by atoms with E-state index < -0.39 is 0 Å². The molecule has 0 fully saturated rings. The molecule has 1 aromatic rings. The van der Waals surface area contributed by atoms with E-state index in [1.807, 2.05) is 6.07 Å². The maximum Gasteiger partial charge on any atom is 0.275 e. The van der Waals surface area contributed by atoms with Crippen LogP contribution in [0.15, 0.2) is 18.2 Å². The van der Waals surface area contributed by atoms with Crippen LogP contribution in [0.3, 0.4) is 0 Å². The zero-order valence-corrected chi connectivity index (χ0v) is 11.4. The second-order valence-corrected chi connectivity index (χ2v) is 4.61. The maximum absolute atomic E-state index is 10.7. The fourth-order valence-electron chi connectivity index (χ4n) is 1.66. The number of nitrogens with one attached hydrogen (secondary N) is 1. The molecule has 0 heterocycles. The highest BCUT2D eigenvalue weighted by molar-refractivity contribution is 7.96. The Hall–Kier alpha value is -1.16. The Balaban J connectivity index is 2.79. The van der Waals surface area contributed by atoms with E-state index >= 15 is 0 Å². The molecule has 0 aliphatic carbocycles. The molecule has 0 bridgehead atoms. The minimum absolute atomic E-state index is 0.302. The summed E-state index contributed by atoms with van der Waals surface area (Å²) in [5.74, 6) is 1.35. The smallest absolute Gasteiger partial charge is 0.275 e. The molecule has 0 spiro atoms. The molecule has 1 N–H and O–H groups in total. The number of hydrogen-bond donors (Lipinski definition) is 2. The predicted octanol–water partition coefficient (Wildman–Crippen LogP) is 3.00. The number of benzene rings is 1. The Bertz CT molecular complexity index is 391. The molecule has 0 saturated heterocycles. The standard InChI is InChI=1S/C13H19NO2S/c1-9(2)10-4-5-12(16-3)11(8-10)6-7-14-13(15)17/h4-5,8-9H,6-7H2,1-3H3,(H2,14,15,17). The summed E-state index contributed by atoms with van der Waals surface area (Å²) in [5.41, 5.74) is 2.39. The Kier molecular flexibility index (Phi) is 5.35. The summed E-state index contributed by atoms with van der Waals surface area (Å²) in [4.78, 5) is 10.7. The molecular formula is C13H19NO2S. The third-order valence-electron chi connectivity index (χ3n) is 2.64. The first kappa shape index (κ1) is 13.9. The minimum atomic E-state index is -0.302. The highest BCUT2D eigenvalue weighted by Crippen LogP contribution is 2.24. The Morgan fingerprint density at radius 2 is 2.18 bits per heavy atom. The summed E-state index contributed by atoms with van der Waals surface area (Å²) < 4.78 is 5.31. The topological polar surface area (TPSA) is 38.3 Å². The van der Waals surface area contributed by atoms with Gasteiger partial charge in [-0.3, -0.25) is 4.79 Å². The molecule has 0 aromatic heterocycles. The van der Waals surface area contributed by atoms with Crippen LogP contribution in [0, 0.1) is 0 Å². The van der Waals surface area contributed by atoms with Crippen molar-refractivity contribution < 1.29 is 9.53 Å². The van der Waals surface area contributed by atoms with Crippen LogP contribution in [0.1, 0.15) is 30.9 Å². The Morgan fingerprint density at radius 3 is 2.71 bits per heavy atom. The summed E-state index contributed by atoms with van der Waals surface area (Å²) in [6.45, 7) is 4.88. The number of carbonyl (C=O) groups excluding carboxylic acids is 1. The van der Waals surface area contributed by atoms with Crippen molar-refractivity contribution in [3.8, 4) is 5.75 Å². The van der Waals surface area contributed by atoms with Crippen molar-refractivity contribution in [2.75, 3.05) is 13.7 Å². The monoisotopic (exact) mass is 253 g/mol. The van der Waals surface area contributed by atoms with Crippen LogP contribution in [-0.4, -0.2) is 18.9 Å². The molecule has 1 aromatic carbocycles. The van der Waals surface area contributed by atoms with Gasteiger partial charge in [0, 0.05) is 6.54 Å². The van der Waals surface area contributed by atoms with Gasteiger partial charge in [-0.05, 0) is 29.5 Å². The average molecular weight is 253 g/mol. The van der Waals surface area contributed by atoms with Gasteiger partial charge in [-0.1, -0.05) is 38.6 Å². The molecule has 4 heteroatoms. The SMILES string of the molecule is COc1ccc(C(C)C)cc1CCNC(=O)S. The van der Waals surface area contributed by atoms with Gasteiger partial charge < -0.3 is 10.1 Å². The number of thiol groups is 1. The number of amides is 1. The van der Waals surface area contributed by atoms with E-state index in [1.54, 1.807) is 7.11 Å². The lowest BCUT2D eigenvalue weighted by Gasteiger charge is -2.12. The van der Waals surface area contributed by atoms with Gasteiger partial charge in [0.25, 0.3) is 5.24 Å². The highest BCUT2D eigenvalue weighted by atomic mass is 32.1. The molecule has 1 rings (SSSR count). The predicted molar refractivity (Wildman–Crippen MR) is 73.2 cm³/mol. The van der Waals surface area contributed by atoms with E-state index in [2.05, 4.69) is 43.9 Å². The number of carbonyl (C=O) groups is 1. The molecule has 1 amide bonds. The van der Waals surface area contributed by atoms with Crippen LogP contribution >= 0.6 is 12.6 Å². The van der Waals surface area contributed by atoms with Gasteiger partial charge in [0.15, 0.2) is 0 Å². The van der Waals surface area contributed by atoms with Crippen LogP contribution in [0.25, 0.3) is 0 Å². The van der Waals surface area contributed by atoms with E-state index in [0.29, 0.717) is 12.5 Å². The summed E-state index contributed by atoms with van der Waals surface area (Å²) in [6, 6.07) is 6.19. The first-order valence-corrected chi connectivity index (χ1v) is 6.13. The molecular weight excluding hydrogens is 234 g/mol. The van der Waals surface area contributed by atoms with E-state index in [1.165, 1.54) is 5.56 Å². The molecule has 0 radical (unpaired) electrons. The van der Waals surface area contributed by atoms with Crippen LogP contribution in [-0.2, 0) is 6.42 Å². The van der Waals surface area contributed by atoms with Crippen molar-refractivity contribution in [2.24, 2.45) is 0 Å². The summed E-state index contributed by atoms with van der Waals surface area (Å²) in [5, 5.41) is 2.36. The second kappa shape index (κ2) is 6.55. The van der Waals surface area contributed by atoms with Gasteiger partial charge >= 0.3 is 0 Å². The van der Waals surface area contributed by atoms with E-state index in [9.17, 15) is 4.79 Å². The first-order chi connectivity index (χ1) is 8.04. The highest BCUT2D eigenvalue weighted by Gasteiger charge is 2.07. The van der Waals surface area contributed by atoms with Crippen molar-refractivity contribution in [1.82, 2.24) is 5.32 Å². The van der Waals surface area contributed by atoms with Gasteiger partial charge in [0.05, 0.1) is 7.11 Å². The lowest BCUT2D eigenvalue weighted by atomic mass is 9.99. The molecule has 0 aliphatic heterocycles. The van der Waals surface area contributed by atoms with Crippen LogP contribution in [0.5, 0.6) is 5.75 Å². The Morgan fingerprint density at radius 1 is 1.47 bits per heavy atom. The van der Waals surface area contributed by atoms with Gasteiger partial charge in [0.2, 0.25) is 0 Å². The van der Waals surface area contributed by atoms with Crippen molar-refractivity contribution in [3.63, 3.8) is 0 Å². The fourth-order valence-corrected chi connectivity index (χ4v) is 1.77. The molecule has 3 nitrogen and oxygen atoms in total. The van der Waals surface area contributed by atoms with Crippen LogP contribution in [0.2, 0.25) is 0 Å². The van der Waals surface area contributed by atoms with Crippen molar-refractivity contribution in [1.29, 1.82) is 0 Å². The molecule has 0 unspecified atom stereocenters. The lowest BCUT2D eigenvalue weighted by Crippen LogP contribution is -2.19. The number of hydrogen-bond acceptors (Lipinski definition) is 2. The first-order valence-electron chi connectivity index (χ1n) is 5.68. The summed E-state index contributed by atoms with van der Waals surface area (Å²) in [6.07, 6.45) is 0.746. The fraction of sp³-hybridized carbons (Fsp3) is 0.462. The zero-order chi connectivity index (χ0) is 12.8. The van der Waals surface area contributed by atoms with Gasteiger partial charge in [-0.25, -0.2) is 0 Å². The van der Waals surface area contributed by atoms with Gasteiger partial charge in [-0.2, -0.15) is 0 Å². The number of methoxy groups -OCH3 is 1. The van der Waals surface area contributed by atoms with Crippen molar-refractivity contribution in [2.45, 2.75) is 26.2 Å². The lowest BCUT2D eigenvalue weighted by molar-refractivity contribution is 0.261. The van der Waals surface area contributed by atoms with Gasteiger partial charge in [-0.15, -0.1) is 0 Å². The molecule has 0 aliphatic rings. The van der Waals surface area contributed by atoms with Crippen molar-refractivity contribution >= 4 is 17.9 Å². The number of ether oxygens (including phenoxy) is 1. The zero-order valence-electron chi connectivity index (χ0n) is 10.5. The van der Waals surface area contributed by atoms with Crippen molar-refractivity contribution in [3.05, 3.63) is 29.3 Å². The third-order valence-corrected chi connectivity index (χ3v) is 2.80. The maximum atomic E-state index is 10.7. The largest absolute Gasteiger partial charge is 0.496 e. The minimum Gasteiger partial charge on any atom is -0.496 e. The normalized spacial score (nSPS) is 10.4. The van der Waals surface area contributed by atoms with Crippen LogP contribution < -0.4 is 10.1 Å². The summed E-state index contributed by atoms with van der Waals surface area (Å²) in [7, 11) is 1.66. The average Bonchev–Trinajstić information content (AvgIpc) is 2.28. The molecule has 17 heavy (non-hydrogen) atoms.